The number of anilines is 2. The summed E-state index contributed by atoms with van der Waals surface area (Å²) in [5, 5.41) is 12.6. The summed E-state index contributed by atoms with van der Waals surface area (Å²) in [5.74, 6) is 1.04. The van der Waals surface area contributed by atoms with Crippen molar-refractivity contribution in [2.75, 3.05) is 23.3 Å². The maximum absolute atomic E-state index is 9.09. The third kappa shape index (κ3) is 3.11. The Balaban J connectivity index is 1.60. The van der Waals surface area contributed by atoms with Gasteiger partial charge in [0.05, 0.1) is 11.3 Å². The highest BCUT2D eigenvalue weighted by molar-refractivity contribution is 5.56. The van der Waals surface area contributed by atoms with Crippen molar-refractivity contribution in [3.8, 4) is 6.07 Å². The molecule has 21 heavy (non-hydrogen) atoms. The van der Waals surface area contributed by atoms with Crippen LogP contribution in [0.2, 0.25) is 0 Å². The molecule has 1 fully saturated rings. The molecule has 0 unspecified atom stereocenters. The van der Waals surface area contributed by atoms with Gasteiger partial charge in [-0.2, -0.15) is 5.26 Å². The first-order valence-electron chi connectivity index (χ1n) is 7.13. The third-order valence-electron chi connectivity index (χ3n) is 3.77. The molecule has 0 amide bonds. The normalized spacial score (nSPS) is 15.5. The number of hydrogen-bond donors (Lipinski definition) is 1. The number of hydrogen-bond acceptors (Lipinski definition) is 5. The Morgan fingerprint density at radius 2 is 2.05 bits per heavy atom. The van der Waals surface area contributed by atoms with E-state index in [1.54, 1.807) is 12.4 Å². The maximum atomic E-state index is 9.09. The van der Waals surface area contributed by atoms with Gasteiger partial charge >= 0.3 is 0 Å². The van der Waals surface area contributed by atoms with E-state index < -0.39 is 0 Å². The lowest BCUT2D eigenvalue weighted by atomic mass is 10.0. The predicted octanol–water partition coefficient (Wildman–Crippen LogP) is 2.43. The number of rotatable bonds is 3. The Labute approximate surface area is 124 Å². The Morgan fingerprint density at radius 1 is 1.19 bits per heavy atom. The minimum atomic E-state index is 0.388. The smallest absolute Gasteiger partial charge is 0.128 e. The number of aromatic nitrogens is 2. The zero-order chi connectivity index (χ0) is 14.5. The van der Waals surface area contributed by atoms with Crippen LogP contribution in [0.1, 0.15) is 18.4 Å². The van der Waals surface area contributed by atoms with Gasteiger partial charge < -0.3 is 10.2 Å². The fourth-order valence-electron chi connectivity index (χ4n) is 2.62. The Hall–Kier alpha value is -2.61. The van der Waals surface area contributed by atoms with E-state index in [1.165, 1.54) is 0 Å². The molecule has 1 aliphatic rings. The molecule has 1 saturated heterocycles. The van der Waals surface area contributed by atoms with Crippen LogP contribution in [0.25, 0.3) is 0 Å². The van der Waals surface area contributed by atoms with Crippen molar-refractivity contribution in [2.45, 2.75) is 18.9 Å². The molecule has 2 aromatic rings. The quantitative estimate of drug-likeness (QED) is 0.934. The van der Waals surface area contributed by atoms with Crippen molar-refractivity contribution in [1.82, 2.24) is 9.97 Å². The minimum Gasteiger partial charge on any atom is -0.381 e. The summed E-state index contributed by atoms with van der Waals surface area (Å²) < 4.78 is 0. The first-order chi connectivity index (χ1) is 10.4. The number of nitrogens with one attached hydrogen (secondary N) is 1. The lowest BCUT2D eigenvalue weighted by Gasteiger charge is -2.33. The lowest BCUT2D eigenvalue weighted by molar-refractivity contribution is 0.523. The summed E-state index contributed by atoms with van der Waals surface area (Å²) in [4.78, 5) is 10.7. The largest absolute Gasteiger partial charge is 0.381 e. The highest BCUT2D eigenvalue weighted by Gasteiger charge is 2.20. The fraction of sp³-hybridized carbons (Fsp3) is 0.312. The van der Waals surface area contributed by atoms with Crippen LogP contribution in [0.4, 0.5) is 11.5 Å². The van der Waals surface area contributed by atoms with Crippen LogP contribution >= 0.6 is 0 Å². The van der Waals surface area contributed by atoms with Gasteiger partial charge in [-0.05, 0) is 31.0 Å². The van der Waals surface area contributed by atoms with E-state index >= 15 is 0 Å². The molecule has 0 atom stereocenters. The molecular formula is C16H17N5. The molecule has 0 bridgehead atoms. The SMILES string of the molecule is N#Cc1cnccc1NC1CCN(c2ccccn2)CC1. The molecule has 0 aliphatic carbocycles. The molecule has 0 aromatic carbocycles. The van der Waals surface area contributed by atoms with Gasteiger partial charge in [-0.3, -0.25) is 4.98 Å². The molecule has 5 nitrogen and oxygen atoms in total. The van der Waals surface area contributed by atoms with E-state index in [9.17, 15) is 0 Å². The average Bonchev–Trinajstić information content (AvgIpc) is 2.57. The Bertz CT molecular complexity index is 627. The molecule has 3 heterocycles. The van der Waals surface area contributed by atoms with E-state index in [2.05, 4.69) is 26.3 Å². The molecular weight excluding hydrogens is 262 g/mol. The van der Waals surface area contributed by atoms with Gasteiger partial charge in [-0.25, -0.2) is 4.98 Å². The summed E-state index contributed by atoms with van der Waals surface area (Å²) in [5.41, 5.74) is 1.48. The number of nitriles is 1. The number of piperidine rings is 1. The second kappa shape index (κ2) is 6.23. The topological polar surface area (TPSA) is 64.8 Å². The van der Waals surface area contributed by atoms with Crippen LogP contribution in [0.15, 0.2) is 42.9 Å². The monoisotopic (exact) mass is 279 g/mol. The van der Waals surface area contributed by atoms with Gasteiger partial charge in [0.15, 0.2) is 0 Å². The Morgan fingerprint density at radius 3 is 2.76 bits per heavy atom. The van der Waals surface area contributed by atoms with Crippen LogP contribution in [-0.4, -0.2) is 29.1 Å². The summed E-state index contributed by atoms with van der Waals surface area (Å²) in [7, 11) is 0. The van der Waals surface area contributed by atoms with Crippen LogP contribution in [-0.2, 0) is 0 Å². The van der Waals surface area contributed by atoms with Crippen molar-refractivity contribution in [1.29, 1.82) is 5.26 Å². The number of pyridine rings is 2. The van der Waals surface area contributed by atoms with Gasteiger partial charge in [-0.15, -0.1) is 0 Å². The molecule has 106 valence electrons. The summed E-state index contributed by atoms with van der Waals surface area (Å²) in [6, 6.07) is 10.4. The van der Waals surface area contributed by atoms with Gasteiger partial charge in [0.1, 0.15) is 11.9 Å². The van der Waals surface area contributed by atoms with Crippen LogP contribution in [0, 0.1) is 11.3 Å². The first kappa shape index (κ1) is 13.4. The molecule has 5 heteroatoms. The fourth-order valence-corrected chi connectivity index (χ4v) is 2.62. The second-order valence-corrected chi connectivity index (χ2v) is 5.13. The molecule has 1 aliphatic heterocycles. The second-order valence-electron chi connectivity index (χ2n) is 5.13. The van der Waals surface area contributed by atoms with Crippen molar-refractivity contribution in [3.05, 3.63) is 48.4 Å². The van der Waals surface area contributed by atoms with Crippen molar-refractivity contribution >= 4 is 11.5 Å². The summed E-state index contributed by atoms with van der Waals surface area (Å²) in [6.45, 7) is 1.95. The van der Waals surface area contributed by atoms with Crippen molar-refractivity contribution in [3.63, 3.8) is 0 Å². The van der Waals surface area contributed by atoms with Crippen molar-refractivity contribution < 1.29 is 0 Å². The van der Waals surface area contributed by atoms with E-state index in [0.29, 0.717) is 11.6 Å². The molecule has 2 aromatic heterocycles. The van der Waals surface area contributed by atoms with Gasteiger partial charge in [-0.1, -0.05) is 6.07 Å². The zero-order valence-corrected chi connectivity index (χ0v) is 11.7. The highest BCUT2D eigenvalue weighted by atomic mass is 15.2. The van der Waals surface area contributed by atoms with E-state index in [4.69, 9.17) is 5.26 Å². The Kier molecular flexibility index (Phi) is 3.97. The summed E-state index contributed by atoms with van der Waals surface area (Å²) in [6.07, 6.45) is 7.21. The number of nitrogens with zero attached hydrogens (tertiary/aromatic N) is 4. The third-order valence-corrected chi connectivity index (χ3v) is 3.77. The van der Waals surface area contributed by atoms with Gasteiger partial charge in [0.25, 0.3) is 0 Å². The average molecular weight is 279 g/mol. The summed E-state index contributed by atoms with van der Waals surface area (Å²) >= 11 is 0. The van der Waals surface area contributed by atoms with Crippen LogP contribution < -0.4 is 10.2 Å². The highest BCUT2D eigenvalue weighted by Crippen LogP contribution is 2.21. The van der Waals surface area contributed by atoms with Gasteiger partial charge in [0.2, 0.25) is 0 Å². The zero-order valence-electron chi connectivity index (χ0n) is 11.7. The molecule has 0 spiro atoms. The van der Waals surface area contributed by atoms with E-state index in [-0.39, 0.29) is 0 Å². The molecule has 3 rings (SSSR count). The van der Waals surface area contributed by atoms with Crippen LogP contribution in [0.3, 0.4) is 0 Å². The molecule has 0 saturated carbocycles. The van der Waals surface area contributed by atoms with E-state index in [1.807, 2.05) is 30.5 Å². The lowest BCUT2D eigenvalue weighted by Crippen LogP contribution is -2.39. The first-order valence-corrected chi connectivity index (χ1v) is 7.13. The molecule has 0 radical (unpaired) electrons. The minimum absolute atomic E-state index is 0.388. The van der Waals surface area contributed by atoms with Crippen molar-refractivity contribution in [2.24, 2.45) is 0 Å². The predicted molar refractivity (Wildman–Crippen MR) is 82.0 cm³/mol. The van der Waals surface area contributed by atoms with Gasteiger partial charge in [0, 0.05) is 37.7 Å². The molecule has 1 N–H and O–H groups in total. The standard InChI is InChI=1S/C16H17N5/c17-11-13-12-18-8-4-15(13)20-14-5-9-21(10-6-14)16-3-1-2-7-19-16/h1-4,7-8,12,14H,5-6,9-10H2,(H,18,20). The maximum Gasteiger partial charge on any atom is 0.128 e. The van der Waals surface area contributed by atoms with E-state index in [0.717, 1.165) is 37.4 Å². The van der Waals surface area contributed by atoms with Crippen LogP contribution in [0.5, 0.6) is 0 Å².